The lowest BCUT2D eigenvalue weighted by atomic mass is 10.1. The molecule has 0 saturated heterocycles. The minimum atomic E-state index is 0.230. The van der Waals surface area contributed by atoms with Crippen LogP contribution in [0.3, 0.4) is 0 Å². The molecule has 6 nitrogen and oxygen atoms in total. The van der Waals surface area contributed by atoms with Gasteiger partial charge >= 0.3 is 0 Å². The van der Waals surface area contributed by atoms with Crippen LogP contribution in [0.4, 0.5) is 5.69 Å². The Kier molecular flexibility index (Phi) is 3.47. The Hall–Kier alpha value is -2.08. The molecule has 0 amide bonds. The van der Waals surface area contributed by atoms with Gasteiger partial charge in [-0.25, -0.2) is 0 Å². The number of hydrogen-bond donors (Lipinski definition) is 1. The highest BCUT2D eigenvalue weighted by molar-refractivity contribution is 5.75. The van der Waals surface area contributed by atoms with Crippen molar-refractivity contribution in [1.29, 1.82) is 0 Å². The van der Waals surface area contributed by atoms with E-state index >= 15 is 0 Å². The number of rotatable bonds is 4. The van der Waals surface area contributed by atoms with Crippen LogP contribution in [-0.2, 0) is 6.54 Å². The molecular weight excluding hydrogens is 232 g/mol. The van der Waals surface area contributed by atoms with Crippen molar-refractivity contribution in [2.75, 3.05) is 26.1 Å². The molecule has 0 unspecified atom stereocenters. The molecule has 0 aliphatic heterocycles. The first-order chi connectivity index (χ1) is 8.65. The molecule has 2 N–H and O–H groups in total. The van der Waals surface area contributed by atoms with Gasteiger partial charge in [-0.05, 0) is 18.2 Å². The zero-order chi connectivity index (χ0) is 13.1. The second-order valence-corrected chi connectivity index (χ2v) is 3.99. The quantitative estimate of drug-likeness (QED) is 0.878. The highest BCUT2D eigenvalue weighted by atomic mass is 16.5. The van der Waals surface area contributed by atoms with E-state index in [1.54, 1.807) is 7.11 Å². The highest BCUT2D eigenvalue weighted by Crippen LogP contribution is 2.31. The molecule has 0 spiro atoms. The van der Waals surface area contributed by atoms with E-state index in [0.29, 0.717) is 11.7 Å². The third-order valence-corrected chi connectivity index (χ3v) is 2.57. The molecule has 0 aliphatic carbocycles. The minimum absolute atomic E-state index is 0.230. The third-order valence-electron chi connectivity index (χ3n) is 2.57. The van der Waals surface area contributed by atoms with E-state index in [0.717, 1.165) is 17.0 Å². The predicted molar refractivity (Wildman–Crippen MR) is 68.5 cm³/mol. The zero-order valence-electron chi connectivity index (χ0n) is 10.7. The number of anilines is 1. The number of nitrogens with zero attached hydrogens (tertiary/aromatic N) is 3. The minimum Gasteiger partial charge on any atom is -0.497 e. The normalized spacial score (nSPS) is 10.4. The van der Waals surface area contributed by atoms with Crippen LogP contribution in [-0.4, -0.2) is 31.3 Å². The molecule has 0 atom stereocenters. The smallest absolute Gasteiger partial charge is 0.240 e. The van der Waals surface area contributed by atoms with Gasteiger partial charge in [0.15, 0.2) is 0 Å². The van der Waals surface area contributed by atoms with Crippen LogP contribution in [0.15, 0.2) is 22.7 Å². The summed E-state index contributed by atoms with van der Waals surface area (Å²) < 4.78 is 10.2. The van der Waals surface area contributed by atoms with E-state index < -0.39 is 0 Å². The summed E-state index contributed by atoms with van der Waals surface area (Å²) in [7, 11) is 5.53. The van der Waals surface area contributed by atoms with E-state index in [1.807, 2.05) is 37.2 Å². The SMILES string of the molecule is COc1ccc(N(C)C)c(-c2noc(CN)n2)c1. The number of benzene rings is 1. The van der Waals surface area contributed by atoms with E-state index in [-0.39, 0.29) is 6.54 Å². The van der Waals surface area contributed by atoms with Gasteiger partial charge in [-0.3, -0.25) is 0 Å². The lowest BCUT2D eigenvalue weighted by Gasteiger charge is -2.16. The van der Waals surface area contributed by atoms with Gasteiger partial charge in [-0.1, -0.05) is 5.16 Å². The molecule has 1 aromatic heterocycles. The molecule has 1 heterocycles. The molecule has 0 radical (unpaired) electrons. The largest absolute Gasteiger partial charge is 0.497 e. The molecule has 0 aliphatic rings. The van der Waals surface area contributed by atoms with Gasteiger partial charge in [0.1, 0.15) is 5.75 Å². The number of methoxy groups -OCH3 is 1. The molecule has 0 bridgehead atoms. The van der Waals surface area contributed by atoms with E-state index in [9.17, 15) is 0 Å². The molecule has 1 aromatic carbocycles. The monoisotopic (exact) mass is 248 g/mol. The summed E-state index contributed by atoms with van der Waals surface area (Å²) in [6.07, 6.45) is 0. The fourth-order valence-corrected chi connectivity index (χ4v) is 1.66. The summed E-state index contributed by atoms with van der Waals surface area (Å²) in [6, 6.07) is 5.72. The number of hydrogen-bond acceptors (Lipinski definition) is 6. The van der Waals surface area contributed by atoms with E-state index in [2.05, 4.69) is 10.1 Å². The van der Waals surface area contributed by atoms with Crippen LogP contribution in [0.1, 0.15) is 5.89 Å². The van der Waals surface area contributed by atoms with Crippen LogP contribution in [0.5, 0.6) is 5.75 Å². The van der Waals surface area contributed by atoms with Crippen LogP contribution in [0.25, 0.3) is 11.4 Å². The second kappa shape index (κ2) is 5.05. The van der Waals surface area contributed by atoms with Crippen molar-refractivity contribution < 1.29 is 9.26 Å². The summed E-state index contributed by atoms with van der Waals surface area (Å²) in [6.45, 7) is 0.230. The van der Waals surface area contributed by atoms with Crippen molar-refractivity contribution in [3.8, 4) is 17.1 Å². The first-order valence-electron chi connectivity index (χ1n) is 5.54. The lowest BCUT2D eigenvalue weighted by Crippen LogP contribution is -2.10. The molecule has 96 valence electrons. The van der Waals surface area contributed by atoms with Gasteiger partial charge < -0.3 is 19.9 Å². The Labute approximate surface area is 105 Å². The van der Waals surface area contributed by atoms with E-state index in [1.165, 1.54) is 0 Å². The summed E-state index contributed by atoms with van der Waals surface area (Å²) >= 11 is 0. The van der Waals surface area contributed by atoms with Gasteiger partial charge in [-0.15, -0.1) is 0 Å². The van der Waals surface area contributed by atoms with Crippen molar-refractivity contribution in [2.24, 2.45) is 5.73 Å². The van der Waals surface area contributed by atoms with Gasteiger partial charge in [0.25, 0.3) is 0 Å². The maximum Gasteiger partial charge on any atom is 0.240 e. The second-order valence-electron chi connectivity index (χ2n) is 3.99. The van der Waals surface area contributed by atoms with Gasteiger partial charge in [0.2, 0.25) is 11.7 Å². The average molecular weight is 248 g/mol. The van der Waals surface area contributed by atoms with Crippen LogP contribution in [0, 0.1) is 0 Å². The molecule has 18 heavy (non-hydrogen) atoms. The Balaban J connectivity index is 2.52. The first-order valence-corrected chi connectivity index (χ1v) is 5.54. The molecule has 2 rings (SSSR count). The fourth-order valence-electron chi connectivity index (χ4n) is 1.66. The van der Waals surface area contributed by atoms with Crippen molar-refractivity contribution >= 4 is 5.69 Å². The van der Waals surface area contributed by atoms with Gasteiger partial charge in [0, 0.05) is 25.3 Å². The third kappa shape index (κ3) is 2.28. The topological polar surface area (TPSA) is 77.4 Å². The molecule has 2 aromatic rings. The number of aromatic nitrogens is 2. The van der Waals surface area contributed by atoms with Crippen molar-refractivity contribution in [1.82, 2.24) is 10.1 Å². The van der Waals surface area contributed by atoms with Crippen molar-refractivity contribution in [3.05, 3.63) is 24.1 Å². The van der Waals surface area contributed by atoms with Gasteiger partial charge in [0.05, 0.1) is 13.7 Å². The lowest BCUT2D eigenvalue weighted by molar-refractivity contribution is 0.380. The van der Waals surface area contributed by atoms with Crippen molar-refractivity contribution in [2.45, 2.75) is 6.54 Å². The molecule has 6 heteroatoms. The Morgan fingerprint density at radius 3 is 2.72 bits per heavy atom. The first kappa shape index (κ1) is 12.4. The van der Waals surface area contributed by atoms with Crippen molar-refractivity contribution in [3.63, 3.8) is 0 Å². The number of ether oxygens (including phenoxy) is 1. The zero-order valence-corrected chi connectivity index (χ0v) is 10.7. The maximum absolute atomic E-state index is 5.46. The standard InChI is InChI=1S/C12H16N4O2/c1-16(2)10-5-4-8(17-3)6-9(10)12-14-11(7-13)18-15-12/h4-6H,7,13H2,1-3H3. The molecular formula is C12H16N4O2. The summed E-state index contributed by atoms with van der Waals surface area (Å²) in [4.78, 5) is 6.21. The summed E-state index contributed by atoms with van der Waals surface area (Å²) in [5.41, 5.74) is 7.30. The number of nitrogens with two attached hydrogens (primary N) is 1. The van der Waals surface area contributed by atoms with Crippen LogP contribution >= 0.6 is 0 Å². The fraction of sp³-hybridized carbons (Fsp3) is 0.333. The average Bonchev–Trinajstić information content (AvgIpc) is 2.86. The summed E-state index contributed by atoms with van der Waals surface area (Å²) in [5, 5.41) is 3.93. The summed E-state index contributed by atoms with van der Waals surface area (Å²) in [5.74, 6) is 1.67. The predicted octanol–water partition coefficient (Wildman–Crippen LogP) is 1.27. The van der Waals surface area contributed by atoms with Gasteiger partial charge in [-0.2, -0.15) is 4.98 Å². The Morgan fingerprint density at radius 2 is 2.17 bits per heavy atom. The van der Waals surface area contributed by atoms with Crippen LogP contribution < -0.4 is 15.4 Å². The van der Waals surface area contributed by atoms with E-state index in [4.69, 9.17) is 15.0 Å². The highest BCUT2D eigenvalue weighted by Gasteiger charge is 2.14. The Morgan fingerprint density at radius 1 is 1.39 bits per heavy atom. The molecule has 0 fully saturated rings. The van der Waals surface area contributed by atoms with Crippen LogP contribution in [0.2, 0.25) is 0 Å². The molecule has 0 saturated carbocycles. The Bertz CT molecular complexity index is 537. The maximum atomic E-state index is 5.46.